The Kier molecular flexibility index (Phi) is 3.70. The van der Waals surface area contributed by atoms with E-state index >= 15 is 0 Å². The summed E-state index contributed by atoms with van der Waals surface area (Å²) in [5.74, 6) is -1.81. The lowest BCUT2D eigenvalue weighted by Crippen LogP contribution is -2.44. The van der Waals surface area contributed by atoms with Crippen LogP contribution in [0.25, 0.3) is 0 Å². The van der Waals surface area contributed by atoms with Gasteiger partial charge < -0.3 is 15.1 Å². The molecule has 3 N–H and O–H groups in total. The number of aliphatic hydroxyl groups excluding tert-OH is 1. The summed E-state index contributed by atoms with van der Waals surface area (Å²) in [5, 5.41) is 18.4. The van der Waals surface area contributed by atoms with Crippen LogP contribution >= 0.6 is 0 Å². The number of β-amino-alcohol motifs (C(OH)–C–C–N with tert-alkyl or cyclic N) is 1. The van der Waals surface area contributed by atoms with Gasteiger partial charge >= 0.3 is 11.7 Å². The second-order valence-electron chi connectivity index (χ2n) is 4.53. The summed E-state index contributed by atoms with van der Waals surface area (Å²) in [6.07, 6.45) is 0.218. The molecular formula is C11H13N3O6. The molecule has 0 bridgehead atoms. The number of H-pyrrole nitrogens is 1. The molecule has 9 heteroatoms. The molecule has 2 atom stereocenters. The van der Waals surface area contributed by atoms with E-state index in [-0.39, 0.29) is 13.0 Å². The van der Waals surface area contributed by atoms with E-state index in [2.05, 4.69) is 0 Å². The van der Waals surface area contributed by atoms with Crippen molar-refractivity contribution in [2.75, 3.05) is 6.54 Å². The second-order valence-corrected chi connectivity index (χ2v) is 4.53. The number of carbonyl (C=O) groups is 2. The Bertz CT molecular complexity index is 648. The minimum absolute atomic E-state index is 0.0401. The lowest BCUT2D eigenvalue weighted by molar-refractivity contribution is -0.148. The summed E-state index contributed by atoms with van der Waals surface area (Å²) >= 11 is 0. The lowest BCUT2D eigenvalue weighted by Gasteiger charge is -2.21. The van der Waals surface area contributed by atoms with Gasteiger partial charge in [0.15, 0.2) is 0 Å². The molecule has 0 unspecified atom stereocenters. The third-order valence-electron chi connectivity index (χ3n) is 3.09. The van der Waals surface area contributed by atoms with Crippen molar-refractivity contribution in [2.45, 2.75) is 25.1 Å². The van der Waals surface area contributed by atoms with Crippen LogP contribution in [-0.2, 0) is 16.1 Å². The van der Waals surface area contributed by atoms with E-state index < -0.39 is 41.8 Å². The number of carbonyl (C=O) groups excluding carboxylic acids is 1. The summed E-state index contributed by atoms with van der Waals surface area (Å²) in [4.78, 5) is 48.4. The molecule has 1 amide bonds. The first-order valence-electron chi connectivity index (χ1n) is 5.88. The maximum Gasteiger partial charge on any atom is 0.328 e. The van der Waals surface area contributed by atoms with E-state index in [0.29, 0.717) is 0 Å². The van der Waals surface area contributed by atoms with Gasteiger partial charge in [0.25, 0.3) is 5.56 Å². The average Bonchev–Trinajstić information content (AvgIpc) is 2.75. The van der Waals surface area contributed by atoms with Crippen molar-refractivity contribution < 1.29 is 19.8 Å². The summed E-state index contributed by atoms with van der Waals surface area (Å²) in [6, 6.07) is -0.0155. The van der Waals surface area contributed by atoms with Gasteiger partial charge in [0.1, 0.15) is 12.6 Å². The molecule has 2 rings (SSSR count). The molecule has 1 aliphatic rings. The van der Waals surface area contributed by atoms with Gasteiger partial charge in [-0.05, 0) is 0 Å². The average molecular weight is 283 g/mol. The maximum absolute atomic E-state index is 12.0. The molecule has 1 fully saturated rings. The number of aromatic nitrogens is 2. The Morgan fingerprint density at radius 1 is 1.40 bits per heavy atom. The van der Waals surface area contributed by atoms with Crippen LogP contribution in [0.5, 0.6) is 0 Å². The van der Waals surface area contributed by atoms with Gasteiger partial charge in [0.05, 0.1) is 6.10 Å². The standard InChI is InChI=1S/C11H13N3O6/c15-6-3-7(10(18)19)14(4-6)9(17)5-13-2-1-8(16)12-11(13)20/h1-2,6-7,15H,3-5H2,(H,18,19)(H,12,16,20)/t6-,7-/m0/s1. The van der Waals surface area contributed by atoms with Gasteiger partial charge in [-0.2, -0.15) is 0 Å². The number of carboxylic acid groups (broad SMARTS) is 1. The number of hydrogen-bond acceptors (Lipinski definition) is 5. The topological polar surface area (TPSA) is 133 Å². The Labute approximate surface area is 112 Å². The molecular weight excluding hydrogens is 270 g/mol. The van der Waals surface area contributed by atoms with Crippen LogP contribution in [-0.4, -0.2) is 55.2 Å². The van der Waals surface area contributed by atoms with Gasteiger partial charge in [-0.15, -0.1) is 0 Å². The third-order valence-corrected chi connectivity index (χ3v) is 3.09. The zero-order valence-corrected chi connectivity index (χ0v) is 10.4. The molecule has 0 aromatic carbocycles. The first kappa shape index (κ1) is 14.0. The van der Waals surface area contributed by atoms with Crippen LogP contribution in [0.15, 0.2) is 21.9 Å². The van der Waals surface area contributed by atoms with Crippen LogP contribution < -0.4 is 11.2 Å². The fraction of sp³-hybridized carbons (Fsp3) is 0.455. The van der Waals surface area contributed by atoms with E-state index in [9.17, 15) is 24.3 Å². The fourth-order valence-electron chi connectivity index (χ4n) is 2.13. The van der Waals surface area contributed by atoms with Gasteiger partial charge in [-0.3, -0.25) is 19.1 Å². The Morgan fingerprint density at radius 2 is 2.10 bits per heavy atom. The van der Waals surface area contributed by atoms with Gasteiger partial charge in [0.2, 0.25) is 5.91 Å². The highest BCUT2D eigenvalue weighted by molar-refractivity contribution is 5.84. The third kappa shape index (κ3) is 2.77. The van der Waals surface area contributed by atoms with Crippen molar-refractivity contribution in [2.24, 2.45) is 0 Å². The molecule has 0 spiro atoms. The molecule has 1 aromatic rings. The summed E-state index contributed by atoms with van der Waals surface area (Å²) < 4.78 is 0.966. The number of aromatic amines is 1. The van der Waals surface area contributed by atoms with E-state index in [4.69, 9.17) is 5.11 Å². The van der Waals surface area contributed by atoms with Crippen LogP contribution in [0.2, 0.25) is 0 Å². The predicted octanol–water partition coefficient (Wildman–Crippen LogP) is -2.42. The van der Waals surface area contributed by atoms with Gasteiger partial charge in [-0.25, -0.2) is 9.59 Å². The molecule has 1 saturated heterocycles. The number of nitrogens with one attached hydrogen (secondary N) is 1. The highest BCUT2D eigenvalue weighted by Gasteiger charge is 2.38. The number of hydrogen-bond donors (Lipinski definition) is 3. The number of rotatable bonds is 3. The van der Waals surface area contributed by atoms with E-state index in [1.165, 1.54) is 0 Å². The number of amides is 1. The van der Waals surface area contributed by atoms with Crippen molar-refractivity contribution in [1.29, 1.82) is 0 Å². The minimum atomic E-state index is -1.20. The van der Waals surface area contributed by atoms with Crippen LogP contribution in [0.3, 0.4) is 0 Å². The van der Waals surface area contributed by atoms with Crippen molar-refractivity contribution >= 4 is 11.9 Å². The highest BCUT2D eigenvalue weighted by atomic mass is 16.4. The summed E-state index contributed by atoms with van der Waals surface area (Å²) in [6.45, 7) is -0.486. The first-order valence-corrected chi connectivity index (χ1v) is 5.88. The quantitative estimate of drug-likeness (QED) is 0.565. The monoisotopic (exact) mass is 283 g/mol. The number of likely N-dealkylation sites (tertiary alicyclic amines) is 1. The molecule has 2 heterocycles. The minimum Gasteiger partial charge on any atom is -0.480 e. The van der Waals surface area contributed by atoms with Crippen LogP contribution in [0, 0.1) is 0 Å². The lowest BCUT2D eigenvalue weighted by atomic mass is 10.2. The Hall–Kier alpha value is -2.42. The molecule has 1 aliphatic heterocycles. The van der Waals surface area contributed by atoms with Crippen molar-refractivity contribution in [3.8, 4) is 0 Å². The number of carboxylic acids is 1. The zero-order chi connectivity index (χ0) is 14.9. The molecule has 20 heavy (non-hydrogen) atoms. The number of aliphatic carboxylic acids is 1. The van der Waals surface area contributed by atoms with E-state index in [0.717, 1.165) is 21.7 Å². The van der Waals surface area contributed by atoms with Crippen LogP contribution in [0.4, 0.5) is 0 Å². The van der Waals surface area contributed by atoms with E-state index in [1.807, 2.05) is 4.98 Å². The first-order chi connectivity index (χ1) is 9.38. The maximum atomic E-state index is 12.0. The molecule has 9 nitrogen and oxygen atoms in total. The zero-order valence-electron chi connectivity index (χ0n) is 10.4. The Morgan fingerprint density at radius 3 is 2.70 bits per heavy atom. The van der Waals surface area contributed by atoms with Crippen molar-refractivity contribution in [3.63, 3.8) is 0 Å². The fourth-order valence-corrected chi connectivity index (χ4v) is 2.13. The van der Waals surface area contributed by atoms with Crippen molar-refractivity contribution in [3.05, 3.63) is 33.1 Å². The van der Waals surface area contributed by atoms with Crippen LogP contribution in [0.1, 0.15) is 6.42 Å². The normalized spacial score (nSPS) is 21.9. The smallest absolute Gasteiger partial charge is 0.328 e. The van der Waals surface area contributed by atoms with Crippen molar-refractivity contribution in [1.82, 2.24) is 14.5 Å². The molecule has 1 aromatic heterocycles. The van der Waals surface area contributed by atoms with Gasteiger partial charge in [-0.1, -0.05) is 0 Å². The number of aliphatic hydroxyl groups is 1. The summed E-state index contributed by atoms with van der Waals surface area (Å²) in [7, 11) is 0. The molecule has 0 aliphatic carbocycles. The highest BCUT2D eigenvalue weighted by Crippen LogP contribution is 2.18. The van der Waals surface area contributed by atoms with E-state index in [1.54, 1.807) is 0 Å². The second kappa shape index (κ2) is 5.29. The number of nitrogens with zero attached hydrogens (tertiary/aromatic N) is 2. The largest absolute Gasteiger partial charge is 0.480 e. The molecule has 108 valence electrons. The Balaban J connectivity index is 2.17. The predicted molar refractivity (Wildman–Crippen MR) is 65.1 cm³/mol. The summed E-state index contributed by atoms with van der Waals surface area (Å²) in [5.41, 5.74) is -1.34. The molecule has 0 saturated carbocycles. The SMILES string of the molecule is O=C(O)[C@@H]1C[C@H](O)CN1C(=O)Cn1ccc(=O)[nH]c1=O. The molecule has 0 radical (unpaired) electrons. The van der Waals surface area contributed by atoms with Gasteiger partial charge in [0, 0.05) is 25.2 Å².